The topological polar surface area (TPSA) is 72.9 Å². The molecule has 0 aliphatic carbocycles. The van der Waals surface area contributed by atoms with Gasteiger partial charge in [-0.15, -0.1) is 0 Å². The summed E-state index contributed by atoms with van der Waals surface area (Å²) in [5.74, 6) is -0.177. The molecule has 0 saturated carbocycles. The first-order valence-electron chi connectivity index (χ1n) is 5.73. The lowest BCUT2D eigenvalue weighted by atomic mass is 10.1. The number of rotatable bonds is 4. The third-order valence-corrected chi connectivity index (χ3v) is 2.84. The number of aromatic nitrogens is 2. The molecule has 0 bridgehead atoms. The van der Waals surface area contributed by atoms with Crippen molar-refractivity contribution in [3.05, 3.63) is 53.3 Å². The minimum absolute atomic E-state index is 0.177. The number of benzene rings is 1. The maximum absolute atomic E-state index is 12.0. The van der Waals surface area contributed by atoms with E-state index in [-0.39, 0.29) is 10.9 Å². The largest absolute Gasteiger partial charge is 0.389 e. The minimum atomic E-state index is -0.177. The molecule has 2 aromatic rings. The number of thiocarbonyl (C=S) groups is 1. The van der Waals surface area contributed by atoms with Gasteiger partial charge in [-0.1, -0.05) is 24.4 Å². The van der Waals surface area contributed by atoms with Crippen LogP contribution in [0.25, 0.3) is 0 Å². The Bertz CT molecular complexity index is 621. The van der Waals surface area contributed by atoms with Crippen LogP contribution in [0.15, 0.2) is 36.5 Å². The molecule has 0 saturated heterocycles. The fraction of sp³-hybridized carbons (Fsp3) is 0.154. The number of hydrogen-bond acceptors (Lipinski definition) is 3. The number of nitrogens with two attached hydrogens (primary N) is 1. The quantitative estimate of drug-likeness (QED) is 0.815. The van der Waals surface area contributed by atoms with Crippen LogP contribution in [0.2, 0.25) is 0 Å². The second kappa shape index (κ2) is 5.62. The zero-order valence-electron chi connectivity index (χ0n) is 10.5. The first kappa shape index (κ1) is 13.2. The van der Waals surface area contributed by atoms with Crippen LogP contribution < -0.4 is 11.1 Å². The van der Waals surface area contributed by atoms with Crippen molar-refractivity contribution in [2.75, 3.05) is 0 Å². The molecular formula is C13H14N4OS. The summed E-state index contributed by atoms with van der Waals surface area (Å²) in [5.41, 5.74) is 7.55. The van der Waals surface area contributed by atoms with Crippen molar-refractivity contribution in [3.8, 4) is 0 Å². The Balaban J connectivity index is 2.03. The lowest BCUT2D eigenvalue weighted by molar-refractivity contribution is 0.0950. The Morgan fingerprint density at radius 1 is 1.42 bits per heavy atom. The van der Waals surface area contributed by atoms with Crippen LogP contribution in [0, 0.1) is 0 Å². The van der Waals surface area contributed by atoms with Crippen molar-refractivity contribution in [1.82, 2.24) is 15.1 Å². The standard InChI is InChI=1S/C13H14N4OS/c1-17-6-5-11(16-17)8-15-13(18)10-4-2-3-9(7-10)12(14)19/h2-7H,8H2,1H3,(H2,14,19)(H,15,18). The van der Waals surface area contributed by atoms with E-state index >= 15 is 0 Å². The molecule has 1 aromatic heterocycles. The molecule has 98 valence electrons. The van der Waals surface area contributed by atoms with Gasteiger partial charge in [0.2, 0.25) is 0 Å². The average molecular weight is 274 g/mol. The number of amides is 1. The molecule has 1 heterocycles. The van der Waals surface area contributed by atoms with Crippen LogP contribution >= 0.6 is 12.2 Å². The molecule has 0 unspecified atom stereocenters. The van der Waals surface area contributed by atoms with Gasteiger partial charge in [-0.2, -0.15) is 5.10 Å². The molecule has 5 nitrogen and oxygen atoms in total. The molecule has 0 fully saturated rings. The van der Waals surface area contributed by atoms with E-state index in [1.165, 1.54) is 0 Å². The summed E-state index contributed by atoms with van der Waals surface area (Å²) in [5, 5.41) is 6.98. The van der Waals surface area contributed by atoms with Gasteiger partial charge in [-0.05, 0) is 18.2 Å². The van der Waals surface area contributed by atoms with E-state index in [9.17, 15) is 4.79 Å². The summed E-state index contributed by atoms with van der Waals surface area (Å²) in [6.45, 7) is 0.386. The Morgan fingerprint density at radius 2 is 2.16 bits per heavy atom. The molecule has 2 rings (SSSR count). The van der Waals surface area contributed by atoms with Crippen molar-refractivity contribution >= 4 is 23.1 Å². The van der Waals surface area contributed by atoms with Gasteiger partial charge in [0.1, 0.15) is 4.99 Å². The van der Waals surface area contributed by atoms with Gasteiger partial charge < -0.3 is 11.1 Å². The Hall–Kier alpha value is -2.21. The van der Waals surface area contributed by atoms with Gasteiger partial charge >= 0.3 is 0 Å². The van der Waals surface area contributed by atoms with E-state index in [1.54, 1.807) is 28.9 Å². The predicted molar refractivity (Wildman–Crippen MR) is 76.7 cm³/mol. The summed E-state index contributed by atoms with van der Waals surface area (Å²) in [4.78, 5) is 12.2. The Labute approximate surface area is 116 Å². The van der Waals surface area contributed by atoms with Crippen molar-refractivity contribution < 1.29 is 4.79 Å². The number of carbonyl (C=O) groups excluding carboxylic acids is 1. The minimum Gasteiger partial charge on any atom is -0.389 e. The zero-order valence-corrected chi connectivity index (χ0v) is 11.3. The highest BCUT2D eigenvalue weighted by Gasteiger charge is 2.07. The third kappa shape index (κ3) is 3.38. The monoisotopic (exact) mass is 274 g/mol. The number of hydrogen-bond donors (Lipinski definition) is 2. The molecule has 1 aromatic carbocycles. The second-order valence-electron chi connectivity index (χ2n) is 4.11. The smallest absolute Gasteiger partial charge is 0.251 e. The average Bonchev–Trinajstić information content (AvgIpc) is 2.82. The molecule has 6 heteroatoms. The van der Waals surface area contributed by atoms with Crippen molar-refractivity contribution in [2.24, 2.45) is 12.8 Å². The molecule has 1 amide bonds. The first-order valence-corrected chi connectivity index (χ1v) is 6.13. The second-order valence-corrected chi connectivity index (χ2v) is 4.55. The number of nitrogens with zero attached hydrogens (tertiary/aromatic N) is 2. The van der Waals surface area contributed by atoms with E-state index in [0.29, 0.717) is 17.7 Å². The SMILES string of the molecule is Cn1ccc(CNC(=O)c2cccc(C(N)=S)c2)n1. The third-order valence-electron chi connectivity index (χ3n) is 2.61. The lowest BCUT2D eigenvalue weighted by Gasteiger charge is -2.05. The van der Waals surface area contributed by atoms with Crippen molar-refractivity contribution in [3.63, 3.8) is 0 Å². The van der Waals surface area contributed by atoms with E-state index in [1.807, 2.05) is 19.3 Å². The molecule has 0 spiro atoms. The number of carbonyl (C=O) groups is 1. The van der Waals surface area contributed by atoms with Gasteiger partial charge in [0.15, 0.2) is 0 Å². The molecule has 3 N–H and O–H groups in total. The maximum Gasteiger partial charge on any atom is 0.251 e. The zero-order chi connectivity index (χ0) is 13.8. The first-order chi connectivity index (χ1) is 9.06. The Kier molecular flexibility index (Phi) is 3.91. The summed E-state index contributed by atoms with van der Waals surface area (Å²) >= 11 is 4.89. The highest BCUT2D eigenvalue weighted by molar-refractivity contribution is 7.80. The van der Waals surface area contributed by atoms with E-state index in [0.717, 1.165) is 5.69 Å². The summed E-state index contributed by atoms with van der Waals surface area (Å²) < 4.78 is 1.69. The summed E-state index contributed by atoms with van der Waals surface area (Å²) in [6.07, 6.45) is 1.83. The molecule has 0 atom stereocenters. The van der Waals surface area contributed by atoms with Gasteiger partial charge in [-0.3, -0.25) is 9.48 Å². The molecule has 0 aliphatic heterocycles. The predicted octanol–water partition coefficient (Wildman–Crippen LogP) is 0.984. The van der Waals surface area contributed by atoms with Gasteiger partial charge in [-0.25, -0.2) is 0 Å². The van der Waals surface area contributed by atoms with Crippen molar-refractivity contribution in [1.29, 1.82) is 0 Å². The number of nitrogens with one attached hydrogen (secondary N) is 1. The van der Waals surface area contributed by atoms with E-state index < -0.39 is 0 Å². The highest BCUT2D eigenvalue weighted by Crippen LogP contribution is 2.05. The summed E-state index contributed by atoms with van der Waals surface area (Å²) in [7, 11) is 1.83. The molecule has 0 aliphatic rings. The van der Waals surface area contributed by atoms with Crippen LogP contribution in [0.4, 0.5) is 0 Å². The molecule has 0 radical (unpaired) electrons. The van der Waals surface area contributed by atoms with Crippen LogP contribution in [0.3, 0.4) is 0 Å². The van der Waals surface area contributed by atoms with Crippen LogP contribution in [-0.2, 0) is 13.6 Å². The van der Waals surface area contributed by atoms with Crippen LogP contribution in [0.5, 0.6) is 0 Å². The maximum atomic E-state index is 12.0. The summed E-state index contributed by atoms with van der Waals surface area (Å²) in [6, 6.07) is 8.78. The van der Waals surface area contributed by atoms with Gasteiger partial charge in [0, 0.05) is 24.4 Å². The van der Waals surface area contributed by atoms with Crippen LogP contribution in [0.1, 0.15) is 21.6 Å². The van der Waals surface area contributed by atoms with Gasteiger partial charge in [0.05, 0.1) is 12.2 Å². The highest BCUT2D eigenvalue weighted by atomic mass is 32.1. The molecular weight excluding hydrogens is 260 g/mol. The fourth-order valence-electron chi connectivity index (χ4n) is 1.64. The fourth-order valence-corrected chi connectivity index (χ4v) is 1.77. The van der Waals surface area contributed by atoms with E-state index in [2.05, 4.69) is 10.4 Å². The molecule has 19 heavy (non-hydrogen) atoms. The number of aryl methyl sites for hydroxylation is 1. The van der Waals surface area contributed by atoms with Crippen LogP contribution in [-0.4, -0.2) is 20.7 Å². The lowest BCUT2D eigenvalue weighted by Crippen LogP contribution is -2.23. The Morgan fingerprint density at radius 3 is 2.79 bits per heavy atom. The van der Waals surface area contributed by atoms with Crippen molar-refractivity contribution in [2.45, 2.75) is 6.54 Å². The normalized spacial score (nSPS) is 10.2. The van der Waals surface area contributed by atoms with Gasteiger partial charge in [0.25, 0.3) is 5.91 Å². The van der Waals surface area contributed by atoms with E-state index in [4.69, 9.17) is 18.0 Å².